The van der Waals surface area contributed by atoms with Crippen molar-refractivity contribution >= 4 is 0 Å². The number of hydrogen-bond donors (Lipinski definition) is 0. The average Bonchev–Trinajstić information content (AvgIpc) is 2.10. The molecule has 0 aromatic heterocycles. The monoisotopic (exact) mass is 148 g/mol. The Morgan fingerprint density at radius 2 is 2.00 bits per heavy atom. The van der Waals surface area contributed by atoms with Gasteiger partial charge in [-0.3, -0.25) is 0 Å². The highest BCUT2D eigenvalue weighted by molar-refractivity contribution is 4.82. The van der Waals surface area contributed by atoms with Gasteiger partial charge in [-0.05, 0) is 18.3 Å². The quantitative estimate of drug-likeness (QED) is 0.536. The second-order valence-electron chi connectivity index (χ2n) is 3.60. The molecule has 0 heterocycles. The fourth-order valence-corrected chi connectivity index (χ4v) is 1.55. The van der Waals surface area contributed by atoms with Crippen LogP contribution in [0.5, 0.6) is 0 Å². The maximum Gasteiger partial charge on any atom is 0.248 e. The lowest BCUT2D eigenvalue weighted by Crippen LogP contribution is -2.11. The van der Waals surface area contributed by atoms with Gasteiger partial charge in [0.25, 0.3) is 0 Å². The van der Waals surface area contributed by atoms with Gasteiger partial charge in [0.1, 0.15) is 0 Å². The number of rotatable bonds is 1. The average molecular weight is 148 g/mol. The largest absolute Gasteiger partial charge is 0.248 e. The fourth-order valence-electron chi connectivity index (χ4n) is 1.55. The summed E-state index contributed by atoms with van der Waals surface area (Å²) in [6.07, 6.45) is 0.936. The minimum absolute atomic E-state index is 0.107. The summed E-state index contributed by atoms with van der Waals surface area (Å²) >= 11 is 0. The Hall–Kier alpha value is -0.140. The topological polar surface area (TPSA) is 0 Å². The zero-order chi connectivity index (χ0) is 7.78. The third-order valence-electron chi connectivity index (χ3n) is 2.38. The van der Waals surface area contributed by atoms with Gasteiger partial charge in [-0.15, -0.1) is 0 Å². The van der Waals surface area contributed by atoms with Crippen molar-refractivity contribution in [3.8, 4) is 0 Å². The molecule has 0 amide bonds. The molecule has 2 heteroatoms. The summed E-state index contributed by atoms with van der Waals surface area (Å²) in [4.78, 5) is 0. The zero-order valence-electron chi connectivity index (χ0n) is 6.53. The summed E-state index contributed by atoms with van der Waals surface area (Å²) in [5.41, 5.74) is 0. The van der Waals surface area contributed by atoms with Gasteiger partial charge in [0.05, 0.1) is 0 Å². The first-order valence-corrected chi connectivity index (χ1v) is 3.89. The Balaban J connectivity index is 2.43. The van der Waals surface area contributed by atoms with Crippen LogP contribution in [-0.4, -0.2) is 5.92 Å². The van der Waals surface area contributed by atoms with Crippen LogP contribution in [0.4, 0.5) is 8.78 Å². The summed E-state index contributed by atoms with van der Waals surface area (Å²) in [6.45, 7) is 4.04. The summed E-state index contributed by atoms with van der Waals surface area (Å²) in [6, 6.07) is 0. The van der Waals surface area contributed by atoms with Gasteiger partial charge < -0.3 is 0 Å². The Bertz CT molecular complexity index is 118. The second kappa shape index (κ2) is 2.48. The molecule has 1 rings (SSSR count). The lowest BCUT2D eigenvalue weighted by molar-refractivity contribution is 0.00298. The lowest BCUT2D eigenvalue weighted by Gasteiger charge is -2.13. The van der Waals surface area contributed by atoms with E-state index >= 15 is 0 Å². The lowest BCUT2D eigenvalue weighted by atomic mass is 9.94. The molecule has 1 aliphatic carbocycles. The molecule has 1 aliphatic rings. The van der Waals surface area contributed by atoms with Crippen LogP contribution in [0.25, 0.3) is 0 Å². The number of halogens is 2. The molecule has 0 bridgehead atoms. The van der Waals surface area contributed by atoms with E-state index in [0.717, 1.165) is 0 Å². The zero-order valence-corrected chi connectivity index (χ0v) is 6.53. The molecule has 0 radical (unpaired) electrons. The molecule has 0 spiro atoms. The molecular weight excluding hydrogens is 134 g/mol. The second-order valence-corrected chi connectivity index (χ2v) is 3.60. The summed E-state index contributed by atoms with van der Waals surface area (Å²) in [5.74, 6) is -1.67. The van der Waals surface area contributed by atoms with Crippen molar-refractivity contribution < 1.29 is 8.78 Å². The minimum atomic E-state index is -2.35. The molecular formula is C8H14F2. The molecule has 60 valence electrons. The highest BCUT2D eigenvalue weighted by Crippen LogP contribution is 2.41. The first-order chi connectivity index (χ1) is 4.51. The molecule has 0 N–H and O–H groups in total. The van der Waals surface area contributed by atoms with Gasteiger partial charge in [0, 0.05) is 12.8 Å². The normalized spacial score (nSPS) is 31.5. The highest BCUT2D eigenvalue weighted by atomic mass is 19.3. The molecule has 1 saturated carbocycles. The van der Waals surface area contributed by atoms with E-state index < -0.39 is 5.92 Å². The van der Waals surface area contributed by atoms with E-state index in [-0.39, 0.29) is 18.8 Å². The van der Waals surface area contributed by atoms with Gasteiger partial charge in [-0.1, -0.05) is 13.8 Å². The molecule has 1 atom stereocenters. The third kappa shape index (κ3) is 1.68. The van der Waals surface area contributed by atoms with Gasteiger partial charge in [-0.25, -0.2) is 8.78 Å². The Labute approximate surface area is 60.6 Å². The van der Waals surface area contributed by atoms with Crippen LogP contribution < -0.4 is 0 Å². The van der Waals surface area contributed by atoms with Crippen LogP contribution in [0.15, 0.2) is 0 Å². The van der Waals surface area contributed by atoms with Crippen molar-refractivity contribution in [3.05, 3.63) is 0 Å². The van der Waals surface area contributed by atoms with E-state index in [1.54, 1.807) is 0 Å². The van der Waals surface area contributed by atoms with Gasteiger partial charge in [-0.2, -0.15) is 0 Å². The van der Waals surface area contributed by atoms with Gasteiger partial charge in [0.15, 0.2) is 0 Å². The maximum atomic E-state index is 12.6. The van der Waals surface area contributed by atoms with Crippen LogP contribution in [0.2, 0.25) is 0 Å². The molecule has 0 aliphatic heterocycles. The van der Waals surface area contributed by atoms with Crippen molar-refractivity contribution in [2.24, 2.45) is 11.8 Å². The van der Waals surface area contributed by atoms with Crippen LogP contribution >= 0.6 is 0 Å². The predicted octanol–water partition coefficient (Wildman–Crippen LogP) is 3.08. The maximum absolute atomic E-state index is 12.6. The summed E-state index contributed by atoms with van der Waals surface area (Å²) in [7, 11) is 0. The third-order valence-corrected chi connectivity index (χ3v) is 2.38. The highest BCUT2D eigenvalue weighted by Gasteiger charge is 2.40. The number of alkyl halides is 2. The minimum Gasteiger partial charge on any atom is -0.207 e. The first kappa shape index (κ1) is 7.96. The first-order valence-electron chi connectivity index (χ1n) is 3.89. The molecule has 10 heavy (non-hydrogen) atoms. The van der Waals surface area contributed by atoms with Gasteiger partial charge >= 0.3 is 0 Å². The molecule has 0 aromatic carbocycles. The Kier molecular flexibility index (Phi) is 1.97. The Morgan fingerprint density at radius 3 is 2.20 bits per heavy atom. The van der Waals surface area contributed by atoms with E-state index in [0.29, 0.717) is 12.3 Å². The molecule has 0 aromatic rings. The summed E-state index contributed by atoms with van der Waals surface area (Å²) in [5, 5.41) is 0. The van der Waals surface area contributed by atoms with Crippen molar-refractivity contribution in [2.45, 2.75) is 39.0 Å². The van der Waals surface area contributed by atoms with Crippen molar-refractivity contribution in [3.63, 3.8) is 0 Å². The molecule has 0 saturated heterocycles. The van der Waals surface area contributed by atoms with Crippen LogP contribution in [0.3, 0.4) is 0 Å². The standard InChI is InChI=1S/C8H14F2/c1-6(2)7-3-4-8(9,10)5-7/h6-7H,3-5H2,1-2H3/t7-/m1/s1. The van der Waals surface area contributed by atoms with E-state index in [1.807, 2.05) is 13.8 Å². The van der Waals surface area contributed by atoms with Crippen molar-refractivity contribution in [2.75, 3.05) is 0 Å². The van der Waals surface area contributed by atoms with E-state index in [1.165, 1.54) is 0 Å². The Morgan fingerprint density at radius 1 is 1.40 bits per heavy atom. The molecule has 1 fully saturated rings. The van der Waals surface area contributed by atoms with Gasteiger partial charge in [0.2, 0.25) is 5.92 Å². The van der Waals surface area contributed by atoms with Crippen LogP contribution in [0.1, 0.15) is 33.1 Å². The number of hydrogen-bond acceptors (Lipinski definition) is 0. The van der Waals surface area contributed by atoms with Crippen LogP contribution in [0, 0.1) is 11.8 Å². The summed E-state index contributed by atoms with van der Waals surface area (Å²) < 4.78 is 25.1. The van der Waals surface area contributed by atoms with Crippen molar-refractivity contribution in [1.82, 2.24) is 0 Å². The molecule has 0 nitrogen and oxygen atoms in total. The van der Waals surface area contributed by atoms with E-state index in [4.69, 9.17) is 0 Å². The SMILES string of the molecule is CC(C)[C@@H]1CCC(F)(F)C1. The van der Waals surface area contributed by atoms with Crippen molar-refractivity contribution in [1.29, 1.82) is 0 Å². The van der Waals surface area contributed by atoms with E-state index in [9.17, 15) is 8.78 Å². The van der Waals surface area contributed by atoms with Crippen LogP contribution in [-0.2, 0) is 0 Å². The fraction of sp³-hybridized carbons (Fsp3) is 1.00. The smallest absolute Gasteiger partial charge is 0.207 e. The predicted molar refractivity (Wildman–Crippen MR) is 37.1 cm³/mol. The van der Waals surface area contributed by atoms with E-state index in [2.05, 4.69) is 0 Å². The molecule has 0 unspecified atom stereocenters.